The van der Waals surface area contributed by atoms with Crippen LogP contribution in [0.4, 0.5) is 42.1 Å². The summed E-state index contributed by atoms with van der Waals surface area (Å²) in [6.45, 7) is 1.26. The molecule has 0 radical (unpaired) electrons. The van der Waals surface area contributed by atoms with Gasteiger partial charge in [0.2, 0.25) is 5.91 Å². The second-order valence-corrected chi connectivity index (χ2v) is 12.0. The smallest absolute Gasteiger partial charge is 0.321 e. The quantitative estimate of drug-likeness (QED) is 0.0695. The molecular weight excluding hydrogens is 710 g/mol. The zero-order chi connectivity index (χ0) is 35.3. The van der Waals surface area contributed by atoms with Crippen molar-refractivity contribution in [2.45, 2.75) is 23.2 Å². The number of anilines is 2. The van der Waals surface area contributed by atoms with Gasteiger partial charge in [-0.05, 0) is 67.1 Å². The number of rotatable bonds is 9. The Kier molecular flexibility index (Phi) is 11.4. The molecule has 4 aromatic carbocycles. The molecule has 0 bridgehead atoms. The molecule has 0 aromatic heterocycles. The van der Waals surface area contributed by atoms with Crippen LogP contribution in [0, 0.1) is 23.3 Å². The summed E-state index contributed by atoms with van der Waals surface area (Å²) in [5, 5.41) is 6.14. The van der Waals surface area contributed by atoms with Gasteiger partial charge in [0.15, 0.2) is 23.3 Å². The number of amides is 3. The zero-order valence-corrected chi connectivity index (χ0v) is 26.4. The molecule has 4 rings (SSSR count). The molecule has 6 nitrogen and oxygen atoms in total. The van der Waals surface area contributed by atoms with Crippen molar-refractivity contribution in [1.29, 1.82) is 0 Å². The lowest BCUT2D eigenvalue weighted by atomic mass is 10.1. The van der Waals surface area contributed by atoms with Crippen molar-refractivity contribution in [3.05, 3.63) is 128 Å². The van der Waals surface area contributed by atoms with Crippen molar-refractivity contribution in [1.82, 2.24) is 5.32 Å². The Bertz CT molecular complexity index is 1880. The number of carbonyl (C=O) groups excluding carboxylic acids is 3. The van der Waals surface area contributed by atoms with Crippen LogP contribution in [0.25, 0.3) is 6.08 Å². The summed E-state index contributed by atoms with van der Waals surface area (Å²) >= 11 is 13.0. The molecule has 3 amide bonds. The molecule has 16 heteroatoms. The Hall–Kier alpha value is -4.53. The maximum absolute atomic E-state index is 14.2. The molecule has 0 aliphatic heterocycles. The van der Waals surface area contributed by atoms with Crippen molar-refractivity contribution in [2.24, 2.45) is 0 Å². The van der Waals surface area contributed by atoms with Crippen LogP contribution >= 0.6 is 35.0 Å². The molecule has 3 N–H and O–H groups in total. The van der Waals surface area contributed by atoms with E-state index in [0.717, 1.165) is 11.8 Å². The summed E-state index contributed by atoms with van der Waals surface area (Å²) in [7, 11) is 0. The molecule has 0 saturated heterocycles. The molecule has 1 atom stereocenters. The molecule has 0 fully saturated rings. The van der Waals surface area contributed by atoms with Gasteiger partial charge in [-0.3, -0.25) is 14.4 Å². The van der Waals surface area contributed by atoms with Gasteiger partial charge in [0.1, 0.15) is 16.9 Å². The SMILES string of the molecule is CC(Sc1ccc(NC(=O)/C(=C/c2ccc(Cl)cc2Cl)NC(=O)c2ccccc2)cc1)C(=O)Nc1c(F)c(F)c(C(F)(F)F)c(F)c1F. The van der Waals surface area contributed by atoms with E-state index in [9.17, 15) is 45.1 Å². The van der Waals surface area contributed by atoms with Gasteiger partial charge in [-0.1, -0.05) is 47.5 Å². The predicted octanol–water partition coefficient (Wildman–Crippen LogP) is 9.10. The van der Waals surface area contributed by atoms with E-state index in [2.05, 4.69) is 10.6 Å². The minimum atomic E-state index is -5.73. The number of hydrogen-bond acceptors (Lipinski definition) is 4. The van der Waals surface area contributed by atoms with Crippen LogP contribution in [-0.4, -0.2) is 23.0 Å². The second-order valence-electron chi connectivity index (χ2n) is 9.78. The van der Waals surface area contributed by atoms with Crippen molar-refractivity contribution >= 4 is 70.1 Å². The first kappa shape index (κ1) is 36.3. The maximum Gasteiger partial charge on any atom is 0.422 e. The molecule has 0 aliphatic rings. The van der Waals surface area contributed by atoms with E-state index in [-0.39, 0.29) is 22.0 Å². The fraction of sp³-hybridized carbons (Fsp3) is 0.0938. The standard InChI is InChI=1S/C32H20Cl2F7N3O3S/c1-15(29(45)44-28-26(37)24(35)23(32(39,40)41)25(36)27(28)38)48-20-11-9-19(10-12-20)42-31(47)22(13-17-7-8-18(33)14-21(17)34)43-30(46)16-5-3-2-4-6-16/h2-15H,1H3,(H,42,47)(H,43,46)(H,44,45)/b22-13-. The second kappa shape index (κ2) is 15.1. The van der Waals surface area contributed by atoms with E-state index in [1.165, 1.54) is 43.3 Å². The molecule has 250 valence electrons. The first-order valence-corrected chi connectivity index (χ1v) is 15.1. The number of halogens is 9. The third-order valence-electron chi connectivity index (χ3n) is 6.38. The molecular formula is C32H20Cl2F7N3O3S. The molecule has 0 spiro atoms. The van der Waals surface area contributed by atoms with Crippen molar-refractivity contribution < 1.29 is 45.1 Å². The lowest BCUT2D eigenvalue weighted by molar-refractivity contribution is -0.143. The Morgan fingerprint density at radius 1 is 0.812 bits per heavy atom. The number of carbonyl (C=O) groups is 3. The van der Waals surface area contributed by atoms with E-state index in [4.69, 9.17) is 23.2 Å². The number of nitrogens with one attached hydrogen (secondary N) is 3. The van der Waals surface area contributed by atoms with Gasteiger partial charge in [-0.25, -0.2) is 17.6 Å². The Morgan fingerprint density at radius 3 is 1.98 bits per heavy atom. The van der Waals surface area contributed by atoms with Gasteiger partial charge in [0, 0.05) is 26.2 Å². The van der Waals surface area contributed by atoms with Gasteiger partial charge in [-0.15, -0.1) is 11.8 Å². The number of alkyl halides is 3. The minimum absolute atomic E-state index is 0.174. The van der Waals surface area contributed by atoms with Crippen molar-refractivity contribution in [3.63, 3.8) is 0 Å². The lowest BCUT2D eigenvalue weighted by Gasteiger charge is -2.16. The van der Waals surface area contributed by atoms with Crippen LogP contribution in [-0.2, 0) is 15.8 Å². The first-order chi connectivity index (χ1) is 22.6. The molecule has 0 heterocycles. The van der Waals surface area contributed by atoms with Gasteiger partial charge in [-0.2, -0.15) is 13.2 Å². The van der Waals surface area contributed by atoms with Crippen LogP contribution in [0.1, 0.15) is 28.4 Å². The summed E-state index contributed by atoms with van der Waals surface area (Å²) in [5.41, 5.74) is -3.76. The highest BCUT2D eigenvalue weighted by Crippen LogP contribution is 2.39. The van der Waals surface area contributed by atoms with Crippen molar-refractivity contribution in [2.75, 3.05) is 10.6 Å². The summed E-state index contributed by atoms with van der Waals surface area (Å²) in [5.74, 6) is -12.7. The summed E-state index contributed by atoms with van der Waals surface area (Å²) in [4.78, 5) is 39.0. The summed E-state index contributed by atoms with van der Waals surface area (Å²) < 4.78 is 94.9. The Balaban J connectivity index is 1.47. The summed E-state index contributed by atoms with van der Waals surface area (Å²) in [6.07, 6.45) is -4.38. The van der Waals surface area contributed by atoms with Gasteiger partial charge in [0.25, 0.3) is 11.8 Å². The van der Waals surface area contributed by atoms with Crippen LogP contribution in [0.3, 0.4) is 0 Å². The molecule has 0 aliphatic carbocycles. The fourth-order valence-corrected chi connectivity index (χ4v) is 5.34. The van der Waals surface area contributed by atoms with E-state index in [1.54, 1.807) is 47.8 Å². The van der Waals surface area contributed by atoms with E-state index < -0.39 is 63.7 Å². The average Bonchev–Trinajstić information content (AvgIpc) is 3.03. The van der Waals surface area contributed by atoms with Crippen molar-refractivity contribution in [3.8, 4) is 0 Å². The third-order valence-corrected chi connectivity index (χ3v) is 8.05. The Morgan fingerprint density at radius 2 is 1.42 bits per heavy atom. The third kappa shape index (κ3) is 8.68. The predicted molar refractivity (Wildman–Crippen MR) is 169 cm³/mol. The molecule has 1 unspecified atom stereocenters. The highest BCUT2D eigenvalue weighted by molar-refractivity contribution is 8.00. The number of hydrogen-bond donors (Lipinski definition) is 3. The highest BCUT2D eigenvalue weighted by Gasteiger charge is 2.42. The van der Waals surface area contributed by atoms with Gasteiger partial charge in [0.05, 0.1) is 5.25 Å². The molecule has 48 heavy (non-hydrogen) atoms. The largest absolute Gasteiger partial charge is 0.422 e. The first-order valence-electron chi connectivity index (χ1n) is 13.4. The molecule has 0 saturated carbocycles. The highest BCUT2D eigenvalue weighted by atomic mass is 35.5. The zero-order valence-electron chi connectivity index (χ0n) is 24.1. The van der Waals surface area contributed by atoms with Gasteiger partial charge >= 0.3 is 6.18 Å². The minimum Gasteiger partial charge on any atom is -0.321 e. The Labute approximate surface area is 282 Å². The number of benzene rings is 4. The van der Waals surface area contributed by atoms with Crippen LogP contribution in [0.2, 0.25) is 10.0 Å². The maximum atomic E-state index is 14.2. The van der Waals surface area contributed by atoms with Crippen LogP contribution in [0.5, 0.6) is 0 Å². The van der Waals surface area contributed by atoms with E-state index in [0.29, 0.717) is 15.5 Å². The fourth-order valence-electron chi connectivity index (χ4n) is 4.00. The van der Waals surface area contributed by atoms with E-state index >= 15 is 0 Å². The lowest BCUT2D eigenvalue weighted by Crippen LogP contribution is -2.30. The average molecular weight is 730 g/mol. The van der Waals surface area contributed by atoms with Gasteiger partial charge < -0.3 is 16.0 Å². The topological polar surface area (TPSA) is 87.3 Å². The normalized spacial score (nSPS) is 12.3. The van der Waals surface area contributed by atoms with E-state index in [1.807, 2.05) is 0 Å². The number of thioether (sulfide) groups is 1. The van der Waals surface area contributed by atoms with Crippen LogP contribution < -0.4 is 16.0 Å². The summed E-state index contributed by atoms with van der Waals surface area (Å²) in [6, 6.07) is 18.4. The van der Waals surface area contributed by atoms with Crippen LogP contribution in [0.15, 0.2) is 83.4 Å². The molecule has 4 aromatic rings. The monoisotopic (exact) mass is 729 g/mol.